The molecule has 36 heavy (non-hydrogen) atoms. The van der Waals surface area contributed by atoms with Crippen molar-refractivity contribution in [3.63, 3.8) is 0 Å². The maximum absolute atomic E-state index is 13.6. The topological polar surface area (TPSA) is 64.6 Å². The van der Waals surface area contributed by atoms with Crippen LogP contribution in [0.4, 0.5) is 5.69 Å². The summed E-state index contributed by atoms with van der Waals surface area (Å²) in [5.41, 5.74) is 7.49. The van der Waals surface area contributed by atoms with Crippen LogP contribution in [0.1, 0.15) is 52.5 Å². The molecule has 0 aliphatic carbocycles. The molecule has 1 aliphatic heterocycles. The van der Waals surface area contributed by atoms with E-state index in [1.165, 1.54) is 16.7 Å². The number of fused-ring (bicyclic) bond motifs is 1. The number of carbonyl (C=O) groups is 1. The van der Waals surface area contributed by atoms with E-state index in [2.05, 4.69) is 31.3 Å². The van der Waals surface area contributed by atoms with E-state index < -0.39 is 7.60 Å². The van der Waals surface area contributed by atoms with Gasteiger partial charge in [-0.05, 0) is 97.9 Å². The van der Waals surface area contributed by atoms with E-state index in [4.69, 9.17) is 9.05 Å². The van der Waals surface area contributed by atoms with Crippen molar-refractivity contribution in [2.75, 3.05) is 24.3 Å². The SMILES string of the molecule is CCOP(=O)(OCC)c1ccc(NC(=O)C2SCCc3cc(C)c(C)cc32)c(Cc2ccccc2)c1. The molecule has 0 radical (unpaired) electrons. The third-order valence-electron chi connectivity index (χ3n) is 6.43. The van der Waals surface area contributed by atoms with E-state index in [0.717, 1.165) is 28.9 Å². The van der Waals surface area contributed by atoms with Crippen molar-refractivity contribution in [1.29, 1.82) is 0 Å². The Balaban J connectivity index is 1.69. The van der Waals surface area contributed by atoms with E-state index >= 15 is 0 Å². The van der Waals surface area contributed by atoms with Gasteiger partial charge in [0.25, 0.3) is 0 Å². The van der Waals surface area contributed by atoms with Gasteiger partial charge in [-0.15, -0.1) is 11.8 Å². The Labute approximate surface area is 218 Å². The fourth-order valence-electron chi connectivity index (χ4n) is 4.51. The lowest BCUT2D eigenvalue weighted by molar-refractivity contribution is -0.115. The van der Waals surface area contributed by atoms with E-state index in [1.54, 1.807) is 31.7 Å². The summed E-state index contributed by atoms with van der Waals surface area (Å²) in [6, 6.07) is 19.8. The monoisotopic (exact) mass is 523 g/mol. The van der Waals surface area contributed by atoms with Crippen molar-refractivity contribution in [2.45, 2.75) is 45.8 Å². The number of rotatable bonds is 9. The summed E-state index contributed by atoms with van der Waals surface area (Å²) in [6.07, 6.45) is 1.55. The zero-order valence-electron chi connectivity index (χ0n) is 21.4. The van der Waals surface area contributed by atoms with E-state index in [-0.39, 0.29) is 24.4 Å². The van der Waals surface area contributed by atoms with E-state index in [0.29, 0.717) is 17.4 Å². The van der Waals surface area contributed by atoms with Gasteiger partial charge < -0.3 is 14.4 Å². The zero-order valence-corrected chi connectivity index (χ0v) is 23.1. The lowest BCUT2D eigenvalue weighted by Gasteiger charge is -2.26. The number of carbonyl (C=O) groups excluding carboxylic acids is 1. The van der Waals surface area contributed by atoms with Crippen LogP contribution in [0.5, 0.6) is 0 Å². The van der Waals surface area contributed by atoms with Crippen molar-refractivity contribution in [1.82, 2.24) is 0 Å². The molecule has 0 saturated heterocycles. The number of amides is 1. The average Bonchev–Trinajstić information content (AvgIpc) is 2.86. The third kappa shape index (κ3) is 5.95. The van der Waals surface area contributed by atoms with Gasteiger partial charge >= 0.3 is 7.60 Å². The summed E-state index contributed by atoms with van der Waals surface area (Å²) < 4.78 is 24.6. The second kappa shape index (κ2) is 11.8. The Bertz CT molecular complexity index is 1270. The molecule has 1 unspecified atom stereocenters. The fraction of sp³-hybridized carbons (Fsp3) is 0.345. The van der Waals surface area contributed by atoms with Crippen LogP contribution in [-0.2, 0) is 31.2 Å². The van der Waals surface area contributed by atoms with Gasteiger partial charge in [0.15, 0.2) is 0 Å². The first kappa shape index (κ1) is 26.7. The molecule has 1 amide bonds. The maximum atomic E-state index is 13.6. The Kier molecular flexibility index (Phi) is 8.74. The van der Waals surface area contributed by atoms with E-state index in [1.807, 2.05) is 42.5 Å². The van der Waals surface area contributed by atoms with Crippen LogP contribution in [0.3, 0.4) is 0 Å². The smallest absolute Gasteiger partial charge is 0.325 e. The summed E-state index contributed by atoms with van der Waals surface area (Å²) in [6.45, 7) is 8.37. The standard InChI is InChI=1S/C29H34NO4PS/c1-5-33-35(32,34-6-2)25-12-13-27(24(19-25)18-22-10-8-7-9-11-22)30-29(31)28-26-17-21(4)20(3)16-23(26)14-15-36-28/h7-13,16-17,19,28H,5-6,14-15,18H2,1-4H3,(H,30,31). The lowest BCUT2D eigenvalue weighted by atomic mass is 9.95. The number of aryl methyl sites for hydroxylation is 3. The molecular weight excluding hydrogens is 489 g/mol. The van der Waals surface area contributed by atoms with Crippen LogP contribution in [0, 0.1) is 13.8 Å². The lowest BCUT2D eigenvalue weighted by Crippen LogP contribution is -2.24. The second-order valence-electron chi connectivity index (χ2n) is 8.96. The molecule has 5 nitrogen and oxygen atoms in total. The molecule has 1 aliphatic rings. The average molecular weight is 524 g/mol. The normalized spacial score (nSPS) is 15.4. The van der Waals surface area contributed by atoms with Gasteiger partial charge in [0.1, 0.15) is 5.25 Å². The summed E-state index contributed by atoms with van der Waals surface area (Å²) >= 11 is 1.68. The molecule has 1 atom stereocenters. The Morgan fingerprint density at radius 2 is 1.69 bits per heavy atom. The van der Waals surface area contributed by atoms with Gasteiger partial charge in [-0.1, -0.05) is 42.5 Å². The highest BCUT2D eigenvalue weighted by Gasteiger charge is 2.30. The molecule has 4 rings (SSSR count). The predicted octanol–water partition coefficient (Wildman–Crippen LogP) is 6.75. The fourth-order valence-corrected chi connectivity index (χ4v) is 7.32. The first-order valence-electron chi connectivity index (χ1n) is 12.4. The second-order valence-corrected chi connectivity index (χ2v) is 12.2. The molecule has 1 heterocycles. The molecular formula is C29H34NO4PS. The highest BCUT2D eigenvalue weighted by atomic mass is 32.2. The number of nitrogens with one attached hydrogen (secondary N) is 1. The largest absolute Gasteiger partial charge is 0.361 e. The first-order chi connectivity index (χ1) is 17.3. The van der Waals surface area contributed by atoms with Gasteiger partial charge in [0.05, 0.1) is 18.5 Å². The minimum Gasteiger partial charge on any atom is -0.325 e. The van der Waals surface area contributed by atoms with Gasteiger partial charge in [0.2, 0.25) is 5.91 Å². The molecule has 1 N–H and O–H groups in total. The van der Waals surface area contributed by atoms with Crippen LogP contribution in [0.15, 0.2) is 60.7 Å². The number of hydrogen-bond donors (Lipinski definition) is 1. The highest BCUT2D eigenvalue weighted by Crippen LogP contribution is 2.47. The Morgan fingerprint density at radius 3 is 2.39 bits per heavy atom. The van der Waals surface area contributed by atoms with Crippen molar-refractivity contribution in [2.24, 2.45) is 0 Å². The quantitative estimate of drug-likeness (QED) is 0.314. The predicted molar refractivity (Wildman–Crippen MR) is 150 cm³/mol. The molecule has 190 valence electrons. The molecule has 3 aromatic carbocycles. The van der Waals surface area contributed by atoms with Crippen LogP contribution in [0.25, 0.3) is 0 Å². The molecule has 3 aromatic rings. The highest BCUT2D eigenvalue weighted by molar-refractivity contribution is 8.00. The van der Waals surface area contributed by atoms with Crippen LogP contribution in [0.2, 0.25) is 0 Å². The number of hydrogen-bond acceptors (Lipinski definition) is 5. The molecule has 7 heteroatoms. The van der Waals surface area contributed by atoms with Crippen molar-refractivity contribution in [3.05, 3.63) is 94.0 Å². The Morgan fingerprint density at radius 1 is 1.00 bits per heavy atom. The summed E-state index contributed by atoms with van der Waals surface area (Å²) in [5, 5.41) is 3.42. The Hall–Kier alpha value is -2.37. The van der Waals surface area contributed by atoms with Crippen molar-refractivity contribution < 1.29 is 18.4 Å². The molecule has 0 saturated carbocycles. The van der Waals surface area contributed by atoms with Crippen LogP contribution >= 0.6 is 19.4 Å². The van der Waals surface area contributed by atoms with Gasteiger partial charge in [-0.25, -0.2) is 0 Å². The van der Waals surface area contributed by atoms with E-state index in [9.17, 15) is 9.36 Å². The van der Waals surface area contributed by atoms with Crippen molar-refractivity contribution >= 4 is 36.3 Å². The van der Waals surface area contributed by atoms with Gasteiger partial charge in [-0.3, -0.25) is 9.36 Å². The minimum atomic E-state index is -3.45. The minimum absolute atomic E-state index is 0.0379. The zero-order chi connectivity index (χ0) is 25.7. The van der Waals surface area contributed by atoms with Crippen molar-refractivity contribution in [3.8, 4) is 0 Å². The molecule has 0 fully saturated rings. The molecule has 0 aromatic heterocycles. The summed E-state index contributed by atoms with van der Waals surface area (Å²) in [7, 11) is -3.45. The van der Waals surface area contributed by atoms with Crippen LogP contribution < -0.4 is 10.6 Å². The number of anilines is 1. The maximum Gasteiger partial charge on any atom is 0.361 e. The van der Waals surface area contributed by atoms with Gasteiger partial charge in [0, 0.05) is 5.69 Å². The summed E-state index contributed by atoms with van der Waals surface area (Å²) in [5.74, 6) is 0.874. The number of benzene rings is 3. The first-order valence-corrected chi connectivity index (χ1v) is 15.0. The summed E-state index contributed by atoms with van der Waals surface area (Å²) in [4.78, 5) is 13.6. The third-order valence-corrected chi connectivity index (χ3v) is 9.78. The molecule has 0 spiro atoms. The number of thioether (sulfide) groups is 1. The van der Waals surface area contributed by atoms with Gasteiger partial charge in [-0.2, -0.15) is 0 Å². The molecule has 0 bridgehead atoms. The van der Waals surface area contributed by atoms with Crippen LogP contribution in [-0.4, -0.2) is 24.9 Å².